The van der Waals surface area contributed by atoms with Crippen molar-refractivity contribution in [2.75, 3.05) is 7.11 Å². The second-order valence-corrected chi connectivity index (χ2v) is 3.73. The highest BCUT2D eigenvalue weighted by atomic mass is 16.5. The second kappa shape index (κ2) is 5.18. The van der Waals surface area contributed by atoms with Crippen molar-refractivity contribution < 1.29 is 4.74 Å². The van der Waals surface area contributed by atoms with Gasteiger partial charge in [-0.3, -0.25) is 0 Å². The van der Waals surface area contributed by atoms with Gasteiger partial charge in [0.15, 0.2) is 0 Å². The Hall–Kier alpha value is -2.27. The van der Waals surface area contributed by atoms with Gasteiger partial charge < -0.3 is 4.74 Å². The molecule has 17 heavy (non-hydrogen) atoms. The van der Waals surface area contributed by atoms with E-state index in [2.05, 4.69) is 18.2 Å². The zero-order valence-corrected chi connectivity index (χ0v) is 9.68. The van der Waals surface area contributed by atoms with Crippen LogP contribution in [0.1, 0.15) is 5.56 Å². The Labute approximate surface area is 101 Å². The molecule has 0 spiro atoms. The van der Waals surface area contributed by atoms with E-state index in [1.807, 2.05) is 36.4 Å². The summed E-state index contributed by atoms with van der Waals surface area (Å²) < 4.78 is 5.24. The minimum absolute atomic E-state index is 0.365. The molecule has 0 aliphatic heterocycles. The first kappa shape index (κ1) is 11.2. The first-order chi connectivity index (χ1) is 8.35. The van der Waals surface area contributed by atoms with Crippen LogP contribution in [0, 0.1) is 11.3 Å². The molecule has 2 aromatic carbocycles. The van der Waals surface area contributed by atoms with Crippen LogP contribution in [0.2, 0.25) is 0 Å². The number of ether oxygens (including phenoxy) is 1. The van der Waals surface area contributed by atoms with Gasteiger partial charge in [0, 0.05) is 5.56 Å². The lowest BCUT2D eigenvalue weighted by Crippen LogP contribution is -1.91. The lowest BCUT2D eigenvalue weighted by molar-refractivity contribution is 0.411. The smallest absolute Gasteiger partial charge is 0.123 e. The van der Waals surface area contributed by atoms with Crippen LogP contribution < -0.4 is 4.74 Å². The molecule has 0 aliphatic carbocycles. The zero-order chi connectivity index (χ0) is 12.1. The normalized spacial score (nSPS) is 9.65. The highest BCUT2D eigenvalue weighted by molar-refractivity contribution is 5.65. The molecule has 0 atom stereocenters. The van der Waals surface area contributed by atoms with E-state index in [4.69, 9.17) is 10.00 Å². The fourth-order valence-corrected chi connectivity index (χ4v) is 1.81. The third kappa shape index (κ3) is 2.46. The Kier molecular flexibility index (Phi) is 3.42. The van der Waals surface area contributed by atoms with E-state index < -0.39 is 0 Å². The minimum Gasteiger partial charge on any atom is -0.496 e. The van der Waals surface area contributed by atoms with Gasteiger partial charge in [0.2, 0.25) is 0 Å². The Bertz CT molecular complexity index is 541. The van der Waals surface area contributed by atoms with Crippen molar-refractivity contribution >= 4 is 0 Å². The zero-order valence-electron chi connectivity index (χ0n) is 9.68. The molecule has 2 aromatic rings. The van der Waals surface area contributed by atoms with Crippen molar-refractivity contribution in [1.82, 2.24) is 0 Å². The molecule has 0 aromatic heterocycles. The van der Waals surface area contributed by atoms with Gasteiger partial charge in [-0.15, -0.1) is 0 Å². The monoisotopic (exact) mass is 223 g/mol. The number of methoxy groups -OCH3 is 1. The molecule has 2 nitrogen and oxygen atoms in total. The molecule has 0 radical (unpaired) electrons. The summed E-state index contributed by atoms with van der Waals surface area (Å²) in [6, 6.07) is 18.2. The van der Waals surface area contributed by atoms with Crippen LogP contribution in [0.15, 0.2) is 48.5 Å². The molecule has 0 fully saturated rings. The van der Waals surface area contributed by atoms with Crippen LogP contribution in [-0.4, -0.2) is 7.11 Å². The SMILES string of the molecule is COc1ccc(-c2ccccc2)cc1CC#N. The first-order valence-corrected chi connectivity index (χ1v) is 5.44. The predicted molar refractivity (Wildman–Crippen MR) is 67.7 cm³/mol. The summed E-state index contributed by atoms with van der Waals surface area (Å²) in [6.07, 6.45) is 0.365. The molecule has 2 rings (SSSR count). The van der Waals surface area contributed by atoms with Crippen LogP contribution in [-0.2, 0) is 6.42 Å². The quantitative estimate of drug-likeness (QED) is 0.798. The number of nitriles is 1. The Morgan fingerprint density at radius 3 is 2.47 bits per heavy atom. The van der Waals surface area contributed by atoms with Crippen LogP contribution >= 0.6 is 0 Å². The minimum atomic E-state index is 0.365. The molecule has 0 unspecified atom stereocenters. The molecule has 0 heterocycles. The second-order valence-electron chi connectivity index (χ2n) is 3.73. The molecule has 0 bridgehead atoms. The molecular formula is C15H13NO. The van der Waals surface area contributed by atoms with E-state index in [1.165, 1.54) is 0 Å². The maximum absolute atomic E-state index is 8.80. The van der Waals surface area contributed by atoms with Crippen LogP contribution in [0.3, 0.4) is 0 Å². The maximum Gasteiger partial charge on any atom is 0.123 e. The van der Waals surface area contributed by atoms with E-state index in [9.17, 15) is 0 Å². The molecule has 0 amide bonds. The molecule has 2 heteroatoms. The number of hydrogen-bond donors (Lipinski definition) is 0. The lowest BCUT2D eigenvalue weighted by atomic mass is 10.0. The summed E-state index contributed by atoms with van der Waals surface area (Å²) >= 11 is 0. The van der Waals surface area contributed by atoms with Gasteiger partial charge in [0.05, 0.1) is 19.6 Å². The average molecular weight is 223 g/mol. The van der Waals surface area contributed by atoms with E-state index in [1.54, 1.807) is 7.11 Å². The summed E-state index contributed by atoms with van der Waals surface area (Å²) in [5.74, 6) is 0.770. The largest absolute Gasteiger partial charge is 0.496 e. The van der Waals surface area contributed by atoms with Crippen molar-refractivity contribution in [2.24, 2.45) is 0 Å². The maximum atomic E-state index is 8.80. The van der Waals surface area contributed by atoms with Crippen molar-refractivity contribution in [2.45, 2.75) is 6.42 Å². The van der Waals surface area contributed by atoms with Crippen molar-refractivity contribution in [3.63, 3.8) is 0 Å². The summed E-state index contributed by atoms with van der Waals surface area (Å²) in [4.78, 5) is 0. The van der Waals surface area contributed by atoms with E-state index in [0.717, 1.165) is 22.4 Å². The van der Waals surface area contributed by atoms with Gasteiger partial charge >= 0.3 is 0 Å². The van der Waals surface area contributed by atoms with Crippen LogP contribution in [0.4, 0.5) is 0 Å². The molecule has 0 aliphatic rings. The first-order valence-electron chi connectivity index (χ1n) is 5.44. The summed E-state index contributed by atoms with van der Waals surface area (Å²) in [7, 11) is 1.62. The summed E-state index contributed by atoms with van der Waals surface area (Å²) in [5.41, 5.74) is 3.18. The van der Waals surface area contributed by atoms with E-state index >= 15 is 0 Å². The Morgan fingerprint density at radius 1 is 1.06 bits per heavy atom. The Morgan fingerprint density at radius 2 is 1.82 bits per heavy atom. The number of benzene rings is 2. The predicted octanol–water partition coefficient (Wildman–Crippen LogP) is 3.43. The van der Waals surface area contributed by atoms with Gasteiger partial charge in [-0.2, -0.15) is 5.26 Å². The highest BCUT2D eigenvalue weighted by Gasteiger charge is 2.05. The van der Waals surface area contributed by atoms with Gasteiger partial charge in [-0.05, 0) is 23.3 Å². The van der Waals surface area contributed by atoms with Gasteiger partial charge in [0.25, 0.3) is 0 Å². The molecular weight excluding hydrogens is 210 g/mol. The van der Waals surface area contributed by atoms with Gasteiger partial charge in [-0.1, -0.05) is 36.4 Å². The number of nitrogens with zero attached hydrogens (tertiary/aromatic N) is 1. The Balaban J connectivity index is 2.44. The summed E-state index contributed by atoms with van der Waals surface area (Å²) in [5, 5.41) is 8.80. The lowest BCUT2D eigenvalue weighted by Gasteiger charge is -2.08. The number of hydrogen-bond acceptors (Lipinski definition) is 2. The van der Waals surface area contributed by atoms with Crippen molar-refractivity contribution in [3.8, 4) is 22.9 Å². The average Bonchev–Trinajstić information content (AvgIpc) is 2.40. The third-order valence-corrected chi connectivity index (χ3v) is 2.66. The van der Waals surface area contributed by atoms with Crippen molar-refractivity contribution in [3.05, 3.63) is 54.1 Å². The fourth-order valence-electron chi connectivity index (χ4n) is 1.81. The molecule has 84 valence electrons. The summed E-state index contributed by atoms with van der Waals surface area (Å²) in [6.45, 7) is 0. The van der Waals surface area contributed by atoms with Crippen LogP contribution in [0.5, 0.6) is 5.75 Å². The number of rotatable bonds is 3. The van der Waals surface area contributed by atoms with Crippen molar-refractivity contribution in [1.29, 1.82) is 5.26 Å². The van der Waals surface area contributed by atoms with Crippen LogP contribution in [0.25, 0.3) is 11.1 Å². The topological polar surface area (TPSA) is 33.0 Å². The molecule has 0 N–H and O–H groups in total. The highest BCUT2D eigenvalue weighted by Crippen LogP contribution is 2.26. The third-order valence-electron chi connectivity index (χ3n) is 2.66. The van der Waals surface area contributed by atoms with E-state index in [-0.39, 0.29) is 0 Å². The van der Waals surface area contributed by atoms with Gasteiger partial charge in [0.1, 0.15) is 5.75 Å². The standard InChI is InChI=1S/C15H13NO/c1-17-15-8-7-13(11-14(15)9-10-16)12-5-3-2-4-6-12/h2-8,11H,9H2,1H3. The van der Waals surface area contributed by atoms with E-state index in [0.29, 0.717) is 6.42 Å². The molecule has 0 saturated carbocycles. The fraction of sp³-hybridized carbons (Fsp3) is 0.133. The molecule has 0 saturated heterocycles. The van der Waals surface area contributed by atoms with Gasteiger partial charge in [-0.25, -0.2) is 0 Å².